The average Bonchev–Trinajstić information content (AvgIpc) is 2.66. The highest BCUT2D eigenvalue weighted by atomic mass is 16.5. The first kappa shape index (κ1) is 12.7. The summed E-state index contributed by atoms with van der Waals surface area (Å²) in [5.74, 6) is 0.387. The summed E-state index contributed by atoms with van der Waals surface area (Å²) in [4.78, 5) is 12.2. The molecule has 0 radical (unpaired) electrons. The molecule has 1 aromatic heterocycles. The number of nitrogens with zero attached hydrogens (tertiary/aromatic N) is 2. The number of Topliss-reactive ketones (excluding diaryl/α,β-unsaturated/α-hetero) is 1. The van der Waals surface area contributed by atoms with Gasteiger partial charge in [-0.1, -0.05) is 13.3 Å². The monoisotopic (exact) mass is 225 g/mol. The Morgan fingerprint density at radius 3 is 2.88 bits per heavy atom. The van der Waals surface area contributed by atoms with Crippen molar-refractivity contribution >= 4 is 5.78 Å². The van der Waals surface area contributed by atoms with Crippen molar-refractivity contribution in [2.45, 2.75) is 19.8 Å². The largest absolute Gasteiger partial charge is 0.493 e. The van der Waals surface area contributed by atoms with Gasteiger partial charge in [0.25, 0.3) is 0 Å². The van der Waals surface area contributed by atoms with E-state index < -0.39 is 0 Å². The topological polar surface area (TPSA) is 70.1 Å². The molecule has 16 heavy (non-hydrogen) atoms. The Kier molecular flexibility index (Phi) is 4.49. The molecule has 0 spiro atoms. The minimum Gasteiger partial charge on any atom is -0.493 e. The van der Waals surface area contributed by atoms with Crippen molar-refractivity contribution in [2.75, 3.05) is 13.7 Å². The highest BCUT2D eigenvalue weighted by molar-refractivity contribution is 5.98. The minimum absolute atomic E-state index is 0.0150. The van der Waals surface area contributed by atoms with Gasteiger partial charge in [-0.15, -0.1) is 0 Å². The molecule has 1 heterocycles. The van der Waals surface area contributed by atoms with Crippen LogP contribution >= 0.6 is 0 Å². The number of nitrogens with two attached hydrogens (primary N) is 1. The number of ether oxygens (including phenoxy) is 1. The fourth-order valence-electron chi connectivity index (χ4n) is 1.75. The van der Waals surface area contributed by atoms with Crippen LogP contribution < -0.4 is 10.5 Å². The van der Waals surface area contributed by atoms with Crippen LogP contribution in [0.2, 0.25) is 0 Å². The maximum atomic E-state index is 12.2. The average molecular weight is 225 g/mol. The third-order valence-electron chi connectivity index (χ3n) is 2.65. The van der Waals surface area contributed by atoms with Gasteiger partial charge in [0.1, 0.15) is 5.69 Å². The van der Waals surface area contributed by atoms with E-state index in [1.165, 1.54) is 7.11 Å². The lowest BCUT2D eigenvalue weighted by Crippen LogP contribution is -2.25. The van der Waals surface area contributed by atoms with Gasteiger partial charge in [-0.3, -0.25) is 9.48 Å². The van der Waals surface area contributed by atoms with Gasteiger partial charge in [0.05, 0.1) is 13.3 Å². The van der Waals surface area contributed by atoms with Crippen LogP contribution in [0.3, 0.4) is 0 Å². The van der Waals surface area contributed by atoms with Gasteiger partial charge in [0, 0.05) is 19.5 Å². The Labute approximate surface area is 95.6 Å². The van der Waals surface area contributed by atoms with Gasteiger partial charge in [-0.2, -0.15) is 5.10 Å². The van der Waals surface area contributed by atoms with E-state index >= 15 is 0 Å². The van der Waals surface area contributed by atoms with E-state index in [0.29, 0.717) is 18.0 Å². The van der Waals surface area contributed by atoms with E-state index in [1.54, 1.807) is 17.9 Å². The lowest BCUT2D eigenvalue weighted by molar-refractivity contribution is 0.0904. The summed E-state index contributed by atoms with van der Waals surface area (Å²) in [5.41, 5.74) is 6.12. The Balaban J connectivity index is 2.97. The Morgan fingerprint density at radius 2 is 2.38 bits per heavy atom. The van der Waals surface area contributed by atoms with Crippen molar-refractivity contribution < 1.29 is 9.53 Å². The van der Waals surface area contributed by atoms with Crippen LogP contribution in [0, 0.1) is 5.92 Å². The number of methoxy groups -OCH3 is 1. The standard InChI is InChI=1S/C11H19N3O2/c1-4-5-8(6-12)11(15)10-9(16-3)7-13-14(10)2/h7-8H,4-6,12H2,1-3H3. The molecule has 0 aliphatic carbocycles. The van der Waals surface area contributed by atoms with E-state index in [2.05, 4.69) is 5.10 Å². The number of aromatic nitrogens is 2. The molecule has 0 fully saturated rings. The van der Waals surface area contributed by atoms with Gasteiger partial charge in [-0.05, 0) is 6.42 Å². The van der Waals surface area contributed by atoms with E-state index in [9.17, 15) is 4.79 Å². The van der Waals surface area contributed by atoms with Gasteiger partial charge >= 0.3 is 0 Å². The Bertz CT molecular complexity index is 360. The second kappa shape index (κ2) is 5.65. The number of hydrogen-bond acceptors (Lipinski definition) is 4. The third-order valence-corrected chi connectivity index (χ3v) is 2.65. The predicted octanol–water partition coefficient (Wildman–Crippen LogP) is 0.986. The lowest BCUT2D eigenvalue weighted by Gasteiger charge is -2.13. The molecule has 5 nitrogen and oxygen atoms in total. The second-order valence-electron chi connectivity index (χ2n) is 3.77. The first-order valence-corrected chi connectivity index (χ1v) is 5.45. The number of rotatable bonds is 6. The zero-order valence-electron chi connectivity index (χ0n) is 10.1. The highest BCUT2D eigenvalue weighted by Gasteiger charge is 2.24. The van der Waals surface area contributed by atoms with Crippen molar-refractivity contribution in [1.29, 1.82) is 0 Å². The molecule has 5 heteroatoms. The molecular weight excluding hydrogens is 206 g/mol. The van der Waals surface area contributed by atoms with E-state index in [0.717, 1.165) is 12.8 Å². The van der Waals surface area contributed by atoms with Gasteiger partial charge in [-0.25, -0.2) is 0 Å². The summed E-state index contributed by atoms with van der Waals surface area (Å²) < 4.78 is 6.66. The molecular formula is C11H19N3O2. The summed E-state index contributed by atoms with van der Waals surface area (Å²) >= 11 is 0. The SMILES string of the molecule is CCCC(CN)C(=O)c1c(OC)cnn1C. The highest BCUT2D eigenvalue weighted by Crippen LogP contribution is 2.21. The normalized spacial score (nSPS) is 12.5. The van der Waals surface area contributed by atoms with Crippen molar-refractivity contribution in [2.24, 2.45) is 18.7 Å². The Hall–Kier alpha value is -1.36. The number of carbonyl (C=O) groups excluding carboxylic acids is 1. The predicted molar refractivity (Wildman–Crippen MR) is 61.5 cm³/mol. The van der Waals surface area contributed by atoms with Crippen molar-refractivity contribution in [1.82, 2.24) is 9.78 Å². The van der Waals surface area contributed by atoms with Gasteiger partial charge < -0.3 is 10.5 Å². The van der Waals surface area contributed by atoms with Crippen LogP contribution in [-0.2, 0) is 7.05 Å². The van der Waals surface area contributed by atoms with E-state index in [1.807, 2.05) is 6.92 Å². The summed E-state index contributed by atoms with van der Waals surface area (Å²) in [6.07, 6.45) is 3.28. The lowest BCUT2D eigenvalue weighted by atomic mass is 9.96. The minimum atomic E-state index is -0.144. The summed E-state index contributed by atoms with van der Waals surface area (Å²) in [7, 11) is 3.26. The maximum absolute atomic E-state index is 12.2. The van der Waals surface area contributed by atoms with Crippen LogP contribution in [0.4, 0.5) is 0 Å². The third kappa shape index (κ3) is 2.41. The van der Waals surface area contributed by atoms with Crippen molar-refractivity contribution in [3.8, 4) is 5.75 Å². The van der Waals surface area contributed by atoms with Gasteiger partial charge in [0.2, 0.25) is 0 Å². The molecule has 0 aliphatic rings. The Morgan fingerprint density at radius 1 is 1.69 bits per heavy atom. The van der Waals surface area contributed by atoms with E-state index in [4.69, 9.17) is 10.5 Å². The molecule has 90 valence electrons. The summed E-state index contributed by atoms with van der Waals surface area (Å²) in [5, 5.41) is 4.02. The number of ketones is 1. The molecule has 1 rings (SSSR count). The fraction of sp³-hybridized carbons (Fsp3) is 0.636. The van der Waals surface area contributed by atoms with E-state index in [-0.39, 0.29) is 11.7 Å². The first-order chi connectivity index (χ1) is 7.65. The zero-order chi connectivity index (χ0) is 12.1. The molecule has 1 aromatic rings. The fourth-order valence-corrected chi connectivity index (χ4v) is 1.75. The van der Waals surface area contributed by atoms with Crippen molar-refractivity contribution in [3.63, 3.8) is 0 Å². The molecule has 0 amide bonds. The number of hydrogen-bond donors (Lipinski definition) is 1. The smallest absolute Gasteiger partial charge is 0.188 e. The van der Waals surface area contributed by atoms with Crippen LogP contribution in [0.25, 0.3) is 0 Å². The molecule has 0 aromatic carbocycles. The molecule has 0 saturated heterocycles. The number of carbonyl (C=O) groups is 1. The second-order valence-corrected chi connectivity index (χ2v) is 3.77. The first-order valence-electron chi connectivity index (χ1n) is 5.45. The van der Waals surface area contributed by atoms with Crippen molar-refractivity contribution in [3.05, 3.63) is 11.9 Å². The summed E-state index contributed by atoms with van der Waals surface area (Å²) in [6.45, 7) is 2.40. The quantitative estimate of drug-likeness (QED) is 0.733. The zero-order valence-corrected chi connectivity index (χ0v) is 10.1. The van der Waals surface area contributed by atoms with Gasteiger partial charge in [0.15, 0.2) is 11.5 Å². The molecule has 1 unspecified atom stereocenters. The molecule has 0 aliphatic heterocycles. The maximum Gasteiger partial charge on any atom is 0.188 e. The van der Waals surface area contributed by atoms with Crippen LogP contribution in [0.5, 0.6) is 5.75 Å². The van der Waals surface area contributed by atoms with Crippen LogP contribution in [-0.4, -0.2) is 29.2 Å². The van der Waals surface area contributed by atoms with Crippen LogP contribution in [0.1, 0.15) is 30.3 Å². The summed E-state index contributed by atoms with van der Waals surface area (Å²) in [6, 6.07) is 0. The molecule has 0 bridgehead atoms. The number of aryl methyl sites for hydroxylation is 1. The molecule has 1 atom stereocenters. The molecule has 2 N–H and O–H groups in total. The van der Waals surface area contributed by atoms with Crippen LogP contribution in [0.15, 0.2) is 6.20 Å². The molecule has 0 saturated carbocycles.